The van der Waals surface area contributed by atoms with E-state index >= 15 is 0 Å². The van der Waals surface area contributed by atoms with E-state index in [0.717, 1.165) is 11.8 Å². The molecule has 2 rings (SSSR count). The van der Waals surface area contributed by atoms with Crippen LogP contribution >= 0.6 is 0 Å². The van der Waals surface area contributed by atoms with Gasteiger partial charge in [-0.3, -0.25) is 4.98 Å². The highest BCUT2D eigenvalue weighted by molar-refractivity contribution is 5.10. The van der Waals surface area contributed by atoms with Crippen LogP contribution in [0.2, 0.25) is 0 Å². The first-order chi connectivity index (χ1) is 9.33. The van der Waals surface area contributed by atoms with Gasteiger partial charge in [-0.25, -0.2) is 0 Å². The molecule has 106 valence electrons. The molecule has 0 bridgehead atoms. The molecule has 0 spiro atoms. The number of pyridine rings is 1. The maximum absolute atomic E-state index is 4.09. The van der Waals surface area contributed by atoms with Crippen LogP contribution in [0.1, 0.15) is 51.0 Å². The van der Waals surface area contributed by atoms with Gasteiger partial charge in [-0.1, -0.05) is 26.2 Å². The second-order valence-electron chi connectivity index (χ2n) is 5.99. The third-order valence-corrected chi connectivity index (χ3v) is 4.83. The lowest BCUT2D eigenvalue weighted by Gasteiger charge is -2.34. The summed E-state index contributed by atoms with van der Waals surface area (Å²) in [6.07, 6.45) is 13.3. The van der Waals surface area contributed by atoms with Crippen LogP contribution < -0.4 is 5.32 Å². The van der Waals surface area contributed by atoms with Crippen molar-refractivity contribution in [2.75, 3.05) is 7.05 Å². The van der Waals surface area contributed by atoms with Gasteiger partial charge in [-0.05, 0) is 62.3 Å². The zero-order valence-corrected chi connectivity index (χ0v) is 12.4. The molecule has 0 aliphatic heterocycles. The number of hydrogen-bond donors (Lipinski definition) is 1. The number of nitrogens with one attached hydrogen (secondary N) is 1. The summed E-state index contributed by atoms with van der Waals surface area (Å²) in [5.74, 6) is 1.85. The average Bonchev–Trinajstić information content (AvgIpc) is 2.49. The molecule has 0 amide bonds. The van der Waals surface area contributed by atoms with Crippen molar-refractivity contribution in [1.29, 1.82) is 0 Å². The molecule has 1 fully saturated rings. The quantitative estimate of drug-likeness (QED) is 0.841. The molecule has 0 saturated heterocycles. The summed E-state index contributed by atoms with van der Waals surface area (Å²) in [4.78, 5) is 4.09. The van der Waals surface area contributed by atoms with E-state index in [0.29, 0.717) is 6.04 Å². The van der Waals surface area contributed by atoms with E-state index in [4.69, 9.17) is 0 Å². The first-order valence-electron chi connectivity index (χ1n) is 7.89. The average molecular weight is 260 g/mol. The van der Waals surface area contributed by atoms with E-state index in [1.807, 2.05) is 12.4 Å². The second-order valence-corrected chi connectivity index (χ2v) is 5.99. The molecule has 0 radical (unpaired) electrons. The Morgan fingerprint density at radius 2 is 2.11 bits per heavy atom. The Bertz CT molecular complexity index is 350. The van der Waals surface area contributed by atoms with Crippen molar-refractivity contribution in [3.8, 4) is 0 Å². The van der Waals surface area contributed by atoms with Gasteiger partial charge in [-0.15, -0.1) is 0 Å². The molecular weight excluding hydrogens is 232 g/mol. The Hall–Kier alpha value is -0.890. The van der Waals surface area contributed by atoms with Gasteiger partial charge < -0.3 is 5.32 Å². The molecule has 0 aromatic carbocycles. The van der Waals surface area contributed by atoms with Gasteiger partial charge in [0.15, 0.2) is 0 Å². The lowest BCUT2D eigenvalue weighted by molar-refractivity contribution is 0.207. The van der Waals surface area contributed by atoms with Gasteiger partial charge in [0, 0.05) is 18.4 Å². The van der Waals surface area contributed by atoms with Crippen molar-refractivity contribution >= 4 is 0 Å². The van der Waals surface area contributed by atoms with Crippen LogP contribution in [0.5, 0.6) is 0 Å². The molecule has 1 aliphatic carbocycles. The monoisotopic (exact) mass is 260 g/mol. The largest absolute Gasteiger partial charge is 0.317 e. The van der Waals surface area contributed by atoms with Crippen LogP contribution in [-0.2, 0) is 6.42 Å². The summed E-state index contributed by atoms with van der Waals surface area (Å²) in [6.45, 7) is 2.35. The fourth-order valence-electron chi connectivity index (χ4n) is 3.56. The zero-order valence-electron chi connectivity index (χ0n) is 12.4. The van der Waals surface area contributed by atoms with E-state index in [1.165, 1.54) is 50.5 Å². The van der Waals surface area contributed by atoms with E-state index < -0.39 is 0 Å². The van der Waals surface area contributed by atoms with E-state index in [1.54, 1.807) is 0 Å². The van der Waals surface area contributed by atoms with Crippen LogP contribution in [0, 0.1) is 11.8 Å². The van der Waals surface area contributed by atoms with Gasteiger partial charge in [-0.2, -0.15) is 0 Å². The minimum Gasteiger partial charge on any atom is -0.317 e. The summed E-state index contributed by atoms with van der Waals surface area (Å²) >= 11 is 0. The molecular formula is C17H28N2. The Balaban J connectivity index is 1.85. The van der Waals surface area contributed by atoms with E-state index in [9.17, 15) is 0 Å². The molecule has 19 heavy (non-hydrogen) atoms. The first kappa shape index (κ1) is 14.5. The summed E-state index contributed by atoms with van der Waals surface area (Å²) in [5, 5.41) is 3.57. The van der Waals surface area contributed by atoms with Crippen molar-refractivity contribution in [2.24, 2.45) is 11.8 Å². The van der Waals surface area contributed by atoms with Crippen LogP contribution in [0.4, 0.5) is 0 Å². The normalized spacial score (nSPS) is 25.2. The van der Waals surface area contributed by atoms with Gasteiger partial charge in [0.25, 0.3) is 0 Å². The minimum absolute atomic E-state index is 0.683. The van der Waals surface area contributed by atoms with Crippen molar-refractivity contribution in [3.63, 3.8) is 0 Å². The highest BCUT2D eigenvalue weighted by Crippen LogP contribution is 2.33. The second kappa shape index (κ2) is 7.64. The standard InChI is InChI=1S/C17H28N2/c1-3-14-5-4-6-16(13-14)17(18-2)8-7-15-9-11-19-12-10-15/h9-12,14,16-18H,3-8,13H2,1-2H3. The van der Waals surface area contributed by atoms with Crippen LogP contribution in [0.3, 0.4) is 0 Å². The molecule has 1 aromatic heterocycles. The van der Waals surface area contributed by atoms with Crippen LogP contribution in [0.25, 0.3) is 0 Å². The predicted octanol–water partition coefficient (Wildman–Crippen LogP) is 3.82. The minimum atomic E-state index is 0.683. The smallest absolute Gasteiger partial charge is 0.0270 e. The highest BCUT2D eigenvalue weighted by Gasteiger charge is 2.26. The Morgan fingerprint density at radius 1 is 1.32 bits per heavy atom. The molecule has 1 saturated carbocycles. The number of rotatable bonds is 6. The molecule has 2 nitrogen and oxygen atoms in total. The Morgan fingerprint density at radius 3 is 2.79 bits per heavy atom. The maximum Gasteiger partial charge on any atom is 0.0270 e. The summed E-state index contributed by atoms with van der Waals surface area (Å²) in [7, 11) is 2.13. The summed E-state index contributed by atoms with van der Waals surface area (Å²) in [6, 6.07) is 4.97. The lowest BCUT2D eigenvalue weighted by Crippen LogP contribution is -2.36. The van der Waals surface area contributed by atoms with E-state index in [-0.39, 0.29) is 0 Å². The Kier molecular flexibility index (Phi) is 5.84. The predicted molar refractivity (Wildman–Crippen MR) is 81.1 cm³/mol. The van der Waals surface area contributed by atoms with E-state index in [2.05, 4.69) is 36.4 Å². The topological polar surface area (TPSA) is 24.9 Å². The number of hydrogen-bond acceptors (Lipinski definition) is 2. The van der Waals surface area contributed by atoms with Crippen LogP contribution in [-0.4, -0.2) is 18.1 Å². The number of aryl methyl sites for hydroxylation is 1. The lowest BCUT2D eigenvalue weighted by atomic mass is 9.75. The molecule has 2 heteroatoms. The van der Waals surface area contributed by atoms with Crippen LogP contribution in [0.15, 0.2) is 24.5 Å². The van der Waals surface area contributed by atoms with Crippen molar-refractivity contribution < 1.29 is 0 Å². The third-order valence-electron chi connectivity index (χ3n) is 4.83. The van der Waals surface area contributed by atoms with Gasteiger partial charge in [0.1, 0.15) is 0 Å². The third kappa shape index (κ3) is 4.31. The first-order valence-corrected chi connectivity index (χ1v) is 7.89. The summed E-state index contributed by atoms with van der Waals surface area (Å²) in [5.41, 5.74) is 1.41. The van der Waals surface area contributed by atoms with Gasteiger partial charge in [0.05, 0.1) is 0 Å². The highest BCUT2D eigenvalue weighted by atomic mass is 14.9. The van der Waals surface area contributed by atoms with Gasteiger partial charge >= 0.3 is 0 Å². The van der Waals surface area contributed by atoms with Crippen molar-refractivity contribution in [2.45, 2.75) is 57.9 Å². The SMILES string of the molecule is CCC1CCCC(C(CCc2ccncc2)NC)C1. The fraction of sp³-hybridized carbons (Fsp3) is 0.706. The number of nitrogens with zero attached hydrogens (tertiary/aromatic N) is 1. The van der Waals surface area contributed by atoms with Crippen molar-refractivity contribution in [1.82, 2.24) is 10.3 Å². The maximum atomic E-state index is 4.09. The Labute approximate surface area is 118 Å². The molecule has 1 aromatic rings. The summed E-state index contributed by atoms with van der Waals surface area (Å²) < 4.78 is 0. The molecule has 3 atom stereocenters. The molecule has 1 heterocycles. The fourth-order valence-corrected chi connectivity index (χ4v) is 3.56. The number of aromatic nitrogens is 1. The van der Waals surface area contributed by atoms with Crippen molar-refractivity contribution in [3.05, 3.63) is 30.1 Å². The van der Waals surface area contributed by atoms with Gasteiger partial charge in [0.2, 0.25) is 0 Å². The molecule has 1 aliphatic rings. The molecule has 3 unspecified atom stereocenters. The zero-order chi connectivity index (χ0) is 13.5. The molecule has 1 N–H and O–H groups in total.